The smallest absolute Gasteiger partial charge is 0.355 e. The van der Waals surface area contributed by atoms with E-state index in [0.717, 1.165) is 22.6 Å². The van der Waals surface area contributed by atoms with Crippen molar-refractivity contribution in [1.82, 2.24) is 4.98 Å². The first-order chi connectivity index (χ1) is 12.1. The quantitative estimate of drug-likeness (QED) is 0.641. The number of aromatic nitrogens is 1. The molecule has 0 spiro atoms. The zero-order valence-electron chi connectivity index (χ0n) is 13.6. The predicted octanol–water partition coefficient (Wildman–Crippen LogP) is 4.27. The second-order valence-corrected chi connectivity index (χ2v) is 6.24. The molecule has 25 heavy (non-hydrogen) atoms. The number of carbonyl (C=O) groups is 1. The first-order valence-corrected chi connectivity index (χ1v) is 8.61. The minimum atomic E-state index is -1.02. The van der Waals surface area contributed by atoms with E-state index in [4.69, 9.17) is 14.6 Å². The second kappa shape index (κ2) is 7.81. The van der Waals surface area contributed by atoms with Crippen molar-refractivity contribution in [3.05, 3.63) is 65.2 Å². The molecule has 3 aromatic rings. The summed E-state index contributed by atoms with van der Waals surface area (Å²) in [5, 5.41) is 11.1. The van der Waals surface area contributed by atoms with Crippen molar-refractivity contribution < 1.29 is 19.4 Å². The Labute approximate surface area is 149 Å². The number of benzene rings is 2. The lowest BCUT2D eigenvalue weighted by Crippen LogP contribution is -2.08. The Morgan fingerprint density at radius 2 is 1.80 bits per heavy atom. The van der Waals surface area contributed by atoms with E-state index in [0.29, 0.717) is 18.2 Å². The van der Waals surface area contributed by atoms with Crippen LogP contribution in [0.3, 0.4) is 0 Å². The number of carboxylic acids is 1. The maximum Gasteiger partial charge on any atom is 0.355 e. The van der Waals surface area contributed by atoms with Crippen LogP contribution in [0.1, 0.15) is 16.1 Å². The van der Waals surface area contributed by atoms with Gasteiger partial charge in [-0.15, -0.1) is 11.3 Å². The predicted molar refractivity (Wildman–Crippen MR) is 96.7 cm³/mol. The average Bonchev–Trinajstić information content (AvgIpc) is 3.10. The van der Waals surface area contributed by atoms with Gasteiger partial charge in [-0.2, -0.15) is 0 Å². The first-order valence-electron chi connectivity index (χ1n) is 7.73. The fourth-order valence-corrected chi connectivity index (χ4v) is 3.02. The number of aromatic carboxylic acids is 1. The Morgan fingerprint density at radius 1 is 1.08 bits per heavy atom. The highest BCUT2D eigenvalue weighted by molar-refractivity contribution is 7.13. The van der Waals surface area contributed by atoms with Crippen LogP contribution >= 0.6 is 11.3 Å². The molecular formula is C19H17NO4S. The van der Waals surface area contributed by atoms with Gasteiger partial charge in [0, 0.05) is 10.9 Å². The number of nitrogens with zero attached hydrogens (tertiary/aromatic N) is 1. The molecule has 0 saturated carbocycles. The molecule has 0 radical (unpaired) electrons. The van der Waals surface area contributed by atoms with Gasteiger partial charge in [0.25, 0.3) is 0 Å². The number of hydrogen-bond acceptors (Lipinski definition) is 5. The van der Waals surface area contributed by atoms with Gasteiger partial charge in [0.1, 0.15) is 29.7 Å². The zero-order chi connectivity index (χ0) is 17.6. The van der Waals surface area contributed by atoms with E-state index in [1.165, 1.54) is 16.7 Å². The van der Waals surface area contributed by atoms with E-state index >= 15 is 0 Å². The Hall–Kier alpha value is -2.86. The zero-order valence-corrected chi connectivity index (χ0v) is 14.5. The van der Waals surface area contributed by atoms with Crippen LogP contribution in [-0.2, 0) is 0 Å². The van der Waals surface area contributed by atoms with Crippen LogP contribution in [0, 0.1) is 6.92 Å². The van der Waals surface area contributed by atoms with Gasteiger partial charge in [-0.3, -0.25) is 0 Å². The van der Waals surface area contributed by atoms with Gasteiger partial charge in [-0.05, 0) is 48.9 Å². The van der Waals surface area contributed by atoms with E-state index in [1.54, 1.807) is 0 Å². The van der Waals surface area contributed by atoms with Gasteiger partial charge in [-0.25, -0.2) is 9.78 Å². The number of aryl methyl sites for hydroxylation is 1. The molecule has 0 bridgehead atoms. The van der Waals surface area contributed by atoms with Crippen molar-refractivity contribution in [3.8, 4) is 22.1 Å². The van der Waals surface area contributed by atoms with Crippen molar-refractivity contribution in [1.29, 1.82) is 0 Å². The minimum Gasteiger partial charge on any atom is -0.490 e. The summed E-state index contributed by atoms with van der Waals surface area (Å²) >= 11 is 1.30. The van der Waals surface area contributed by atoms with Crippen molar-refractivity contribution in [2.24, 2.45) is 0 Å². The van der Waals surface area contributed by atoms with Gasteiger partial charge >= 0.3 is 5.97 Å². The normalized spacial score (nSPS) is 10.4. The fourth-order valence-electron chi connectivity index (χ4n) is 2.22. The highest BCUT2D eigenvalue weighted by Gasteiger charge is 2.10. The van der Waals surface area contributed by atoms with Gasteiger partial charge < -0.3 is 14.6 Å². The van der Waals surface area contributed by atoms with E-state index < -0.39 is 5.97 Å². The van der Waals surface area contributed by atoms with E-state index in [9.17, 15) is 4.79 Å². The van der Waals surface area contributed by atoms with Gasteiger partial charge in [0.15, 0.2) is 5.69 Å². The first kappa shape index (κ1) is 17.0. The summed E-state index contributed by atoms with van der Waals surface area (Å²) in [4.78, 5) is 15.0. The highest BCUT2D eigenvalue weighted by atomic mass is 32.1. The Balaban J connectivity index is 1.51. The van der Waals surface area contributed by atoms with Crippen LogP contribution in [0.4, 0.5) is 0 Å². The fraction of sp³-hybridized carbons (Fsp3) is 0.158. The number of hydrogen-bond donors (Lipinski definition) is 1. The van der Waals surface area contributed by atoms with E-state index in [2.05, 4.69) is 4.98 Å². The number of ether oxygens (including phenoxy) is 2. The second-order valence-electron chi connectivity index (χ2n) is 5.38. The summed E-state index contributed by atoms with van der Waals surface area (Å²) in [6, 6.07) is 15.3. The molecule has 3 rings (SSSR count). The standard InChI is InChI=1S/C19H17NO4S/c1-13-3-2-4-16(11-13)24-10-9-23-15-7-5-14(6-8-15)18-20-17(12-25-18)19(21)22/h2-8,11-12H,9-10H2,1H3,(H,21,22). The topological polar surface area (TPSA) is 68.7 Å². The third-order valence-electron chi connectivity index (χ3n) is 3.43. The number of rotatable bonds is 7. The molecule has 1 N–H and O–H groups in total. The molecule has 0 aliphatic heterocycles. The monoisotopic (exact) mass is 355 g/mol. The molecule has 6 heteroatoms. The summed E-state index contributed by atoms with van der Waals surface area (Å²) in [6.07, 6.45) is 0. The molecule has 0 saturated heterocycles. The maximum absolute atomic E-state index is 10.9. The van der Waals surface area contributed by atoms with Crippen LogP contribution < -0.4 is 9.47 Å². The lowest BCUT2D eigenvalue weighted by Gasteiger charge is -2.09. The summed E-state index contributed by atoms with van der Waals surface area (Å²) in [5.74, 6) is 0.541. The molecule has 2 aromatic carbocycles. The lowest BCUT2D eigenvalue weighted by molar-refractivity contribution is 0.0691. The molecule has 1 heterocycles. The lowest BCUT2D eigenvalue weighted by atomic mass is 10.2. The summed E-state index contributed by atoms with van der Waals surface area (Å²) in [6.45, 7) is 2.92. The molecule has 0 fully saturated rings. The van der Waals surface area contributed by atoms with Gasteiger partial charge in [0.2, 0.25) is 0 Å². The molecular weight excluding hydrogens is 338 g/mol. The van der Waals surface area contributed by atoms with E-state index in [1.807, 2.05) is 55.5 Å². The van der Waals surface area contributed by atoms with Crippen LogP contribution in [-0.4, -0.2) is 29.3 Å². The third-order valence-corrected chi connectivity index (χ3v) is 4.33. The summed E-state index contributed by atoms with van der Waals surface area (Å²) in [5.41, 5.74) is 2.08. The summed E-state index contributed by atoms with van der Waals surface area (Å²) < 4.78 is 11.3. The van der Waals surface area contributed by atoms with Gasteiger partial charge in [-0.1, -0.05) is 12.1 Å². The highest BCUT2D eigenvalue weighted by Crippen LogP contribution is 2.25. The molecule has 1 aromatic heterocycles. The van der Waals surface area contributed by atoms with Crippen LogP contribution in [0.15, 0.2) is 53.9 Å². The summed E-state index contributed by atoms with van der Waals surface area (Å²) in [7, 11) is 0. The van der Waals surface area contributed by atoms with Crippen molar-refractivity contribution >= 4 is 17.3 Å². The minimum absolute atomic E-state index is 0.0635. The Morgan fingerprint density at radius 3 is 2.44 bits per heavy atom. The number of thiazole rings is 1. The molecule has 0 aliphatic rings. The molecule has 0 unspecified atom stereocenters. The van der Waals surface area contributed by atoms with Crippen molar-refractivity contribution in [2.45, 2.75) is 6.92 Å². The van der Waals surface area contributed by atoms with Crippen LogP contribution in [0.2, 0.25) is 0 Å². The van der Waals surface area contributed by atoms with Crippen LogP contribution in [0.5, 0.6) is 11.5 Å². The maximum atomic E-state index is 10.9. The molecule has 128 valence electrons. The molecule has 0 amide bonds. The van der Waals surface area contributed by atoms with Crippen molar-refractivity contribution in [2.75, 3.05) is 13.2 Å². The van der Waals surface area contributed by atoms with E-state index in [-0.39, 0.29) is 5.69 Å². The molecule has 5 nitrogen and oxygen atoms in total. The van der Waals surface area contributed by atoms with Crippen molar-refractivity contribution in [3.63, 3.8) is 0 Å². The average molecular weight is 355 g/mol. The largest absolute Gasteiger partial charge is 0.490 e. The Kier molecular flexibility index (Phi) is 5.30. The van der Waals surface area contributed by atoms with Gasteiger partial charge in [0.05, 0.1) is 0 Å². The molecule has 0 aliphatic carbocycles. The molecule has 0 atom stereocenters. The SMILES string of the molecule is Cc1cccc(OCCOc2ccc(-c3nc(C(=O)O)cs3)cc2)c1. The Bertz CT molecular complexity index is 858. The van der Waals surface area contributed by atoms with Crippen LogP contribution in [0.25, 0.3) is 10.6 Å². The number of carboxylic acid groups (broad SMARTS) is 1. The third kappa shape index (κ3) is 4.58.